The summed E-state index contributed by atoms with van der Waals surface area (Å²) in [5, 5.41) is 3.35. The molecule has 24 heavy (non-hydrogen) atoms. The van der Waals surface area contributed by atoms with Gasteiger partial charge in [0.1, 0.15) is 5.00 Å². The topological polar surface area (TPSA) is 81.4 Å². The fraction of sp³-hybridized carbons (Fsp3) is 0.333. The molecule has 1 aromatic carbocycles. The summed E-state index contributed by atoms with van der Waals surface area (Å²) in [6.45, 7) is 4.35. The summed E-state index contributed by atoms with van der Waals surface area (Å²) < 4.78 is 5.77. The number of nitrogens with two attached hydrogens (primary N) is 1. The lowest BCUT2D eigenvalue weighted by Crippen LogP contribution is -2.23. The van der Waals surface area contributed by atoms with Crippen LogP contribution in [0.3, 0.4) is 0 Å². The zero-order chi connectivity index (χ0) is 17.3. The first-order valence-electron chi connectivity index (χ1n) is 7.86. The van der Waals surface area contributed by atoms with Crippen molar-refractivity contribution in [3.63, 3.8) is 0 Å². The molecule has 3 N–H and O–H groups in total. The van der Waals surface area contributed by atoms with Gasteiger partial charge in [-0.3, -0.25) is 9.59 Å². The van der Waals surface area contributed by atoms with E-state index in [2.05, 4.69) is 11.4 Å². The van der Waals surface area contributed by atoms with Gasteiger partial charge in [-0.1, -0.05) is 24.3 Å². The van der Waals surface area contributed by atoms with Gasteiger partial charge in [-0.25, -0.2) is 0 Å². The van der Waals surface area contributed by atoms with Gasteiger partial charge in [0, 0.05) is 4.88 Å². The lowest BCUT2D eigenvalue weighted by atomic mass is 9.95. The number of primary amides is 1. The molecule has 1 atom stereocenters. The first-order chi connectivity index (χ1) is 11.5. The average Bonchev–Trinajstić information content (AvgIpc) is 2.82. The highest BCUT2D eigenvalue weighted by Gasteiger charge is 2.25. The average molecular weight is 344 g/mol. The number of carbonyl (C=O) groups excluding carboxylic acids is 2. The van der Waals surface area contributed by atoms with Crippen LogP contribution in [-0.2, 0) is 16.0 Å². The third-order valence-corrected chi connectivity index (χ3v) is 5.47. The fourth-order valence-corrected chi connectivity index (χ4v) is 4.09. The van der Waals surface area contributed by atoms with Crippen LogP contribution < -0.4 is 11.1 Å². The number of carbonyl (C=O) groups is 2. The number of hydrogen-bond donors (Lipinski definition) is 2. The lowest BCUT2D eigenvalue weighted by Gasteiger charge is -2.25. The molecule has 5 nitrogen and oxygen atoms in total. The van der Waals surface area contributed by atoms with E-state index in [1.54, 1.807) is 0 Å². The van der Waals surface area contributed by atoms with Gasteiger partial charge in [0.15, 0.2) is 0 Å². The zero-order valence-corrected chi connectivity index (χ0v) is 14.5. The molecule has 1 aliphatic heterocycles. The van der Waals surface area contributed by atoms with E-state index in [4.69, 9.17) is 10.5 Å². The van der Waals surface area contributed by atoms with E-state index in [-0.39, 0.29) is 18.4 Å². The highest BCUT2D eigenvalue weighted by Crippen LogP contribution is 2.34. The summed E-state index contributed by atoms with van der Waals surface area (Å²) in [4.78, 5) is 25.1. The third kappa shape index (κ3) is 3.20. The normalized spacial score (nSPS) is 16.5. The van der Waals surface area contributed by atoms with E-state index >= 15 is 0 Å². The molecule has 0 spiro atoms. The molecule has 2 aromatic rings. The molecule has 1 aliphatic rings. The van der Waals surface area contributed by atoms with Crippen molar-refractivity contribution in [2.24, 2.45) is 5.73 Å². The number of amides is 2. The maximum Gasteiger partial charge on any atom is 0.251 e. The number of benzene rings is 1. The summed E-state index contributed by atoms with van der Waals surface area (Å²) in [6, 6.07) is 8.02. The second-order valence-electron chi connectivity index (χ2n) is 5.91. The molecule has 0 unspecified atom stereocenters. The van der Waals surface area contributed by atoms with Crippen LogP contribution >= 0.6 is 11.3 Å². The molecule has 126 valence electrons. The third-order valence-electron chi connectivity index (χ3n) is 4.35. The van der Waals surface area contributed by atoms with E-state index in [9.17, 15) is 9.59 Å². The Balaban J connectivity index is 1.76. The Kier molecular flexibility index (Phi) is 4.69. The number of anilines is 1. The van der Waals surface area contributed by atoms with E-state index in [1.807, 2.05) is 32.0 Å². The maximum atomic E-state index is 12.4. The summed E-state index contributed by atoms with van der Waals surface area (Å²) in [6.07, 6.45) is 0.823. The van der Waals surface area contributed by atoms with Crippen molar-refractivity contribution in [3.05, 3.63) is 51.4 Å². The Morgan fingerprint density at radius 1 is 1.33 bits per heavy atom. The van der Waals surface area contributed by atoms with Crippen molar-refractivity contribution in [3.8, 4) is 0 Å². The molecule has 0 saturated heterocycles. The SMILES string of the molecule is Cc1sc(NC(=O)C[C@H]2OCCc3ccccc32)c(C(N)=O)c1C. The molecule has 0 aliphatic carbocycles. The second-order valence-corrected chi connectivity index (χ2v) is 7.14. The monoisotopic (exact) mass is 344 g/mol. The van der Waals surface area contributed by atoms with Crippen LogP contribution in [0.25, 0.3) is 0 Å². The van der Waals surface area contributed by atoms with E-state index in [0.29, 0.717) is 17.2 Å². The molecule has 3 rings (SSSR count). The molecule has 0 fully saturated rings. The molecule has 0 radical (unpaired) electrons. The highest BCUT2D eigenvalue weighted by molar-refractivity contribution is 7.16. The van der Waals surface area contributed by atoms with Crippen molar-refractivity contribution in [2.45, 2.75) is 32.8 Å². The van der Waals surface area contributed by atoms with Gasteiger partial charge < -0.3 is 15.8 Å². The highest BCUT2D eigenvalue weighted by atomic mass is 32.1. The minimum absolute atomic E-state index is 0.180. The second kappa shape index (κ2) is 6.75. The molecule has 6 heteroatoms. The van der Waals surface area contributed by atoms with Gasteiger partial charge in [-0.15, -0.1) is 11.3 Å². The maximum absolute atomic E-state index is 12.4. The number of fused-ring (bicyclic) bond motifs is 1. The number of rotatable bonds is 4. The predicted molar refractivity (Wildman–Crippen MR) is 94.4 cm³/mol. The molecular formula is C18H20N2O3S. The number of thiophene rings is 1. The minimum atomic E-state index is -0.522. The van der Waals surface area contributed by atoms with Crippen LogP contribution in [0.15, 0.2) is 24.3 Å². The Labute approximate surface area is 144 Å². The van der Waals surface area contributed by atoms with Gasteiger partial charge in [-0.2, -0.15) is 0 Å². The number of hydrogen-bond acceptors (Lipinski definition) is 4. The van der Waals surface area contributed by atoms with Gasteiger partial charge in [0.25, 0.3) is 5.91 Å². The van der Waals surface area contributed by atoms with Gasteiger partial charge in [0.2, 0.25) is 5.91 Å². The van der Waals surface area contributed by atoms with Gasteiger partial charge >= 0.3 is 0 Å². The summed E-state index contributed by atoms with van der Waals surface area (Å²) in [5.74, 6) is -0.702. The number of aryl methyl sites for hydroxylation is 1. The van der Waals surface area contributed by atoms with Crippen molar-refractivity contribution >= 4 is 28.2 Å². The molecule has 2 heterocycles. The van der Waals surface area contributed by atoms with Crippen molar-refractivity contribution < 1.29 is 14.3 Å². The summed E-state index contributed by atoms with van der Waals surface area (Å²) in [7, 11) is 0. The van der Waals surface area contributed by atoms with E-state index in [1.165, 1.54) is 16.9 Å². The van der Waals surface area contributed by atoms with Crippen molar-refractivity contribution in [2.75, 3.05) is 11.9 Å². The van der Waals surface area contributed by atoms with Crippen LogP contribution in [0.2, 0.25) is 0 Å². The lowest BCUT2D eigenvalue weighted by molar-refractivity contribution is -0.119. The summed E-state index contributed by atoms with van der Waals surface area (Å²) >= 11 is 1.37. The Morgan fingerprint density at radius 2 is 2.08 bits per heavy atom. The number of ether oxygens (including phenoxy) is 1. The standard InChI is InChI=1S/C18H20N2O3S/c1-10-11(2)24-18(16(10)17(19)22)20-15(21)9-14-13-6-4-3-5-12(13)7-8-23-14/h3-6,14H,7-9H2,1-2H3,(H2,19,22)(H,20,21)/t14-/m1/s1. The predicted octanol–water partition coefficient (Wildman–Crippen LogP) is 3.11. The molecule has 0 bridgehead atoms. The van der Waals surface area contributed by atoms with Crippen LogP contribution in [-0.4, -0.2) is 18.4 Å². The fourth-order valence-electron chi connectivity index (χ4n) is 3.00. The van der Waals surface area contributed by atoms with Crippen LogP contribution in [0.4, 0.5) is 5.00 Å². The number of nitrogens with one attached hydrogen (secondary N) is 1. The summed E-state index contributed by atoms with van der Waals surface area (Å²) in [5.41, 5.74) is 8.95. The van der Waals surface area contributed by atoms with E-state index < -0.39 is 5.91 Å². The Hall–Kier alpha value is -2.18. The first kappa shape index (κ1) is 16.7. The van der Waals surface area contributed by atoms with Crippen LogP contribution in [0, 0.1) is 13.8 Å². The largest absolute Gasteiger partial charge is 0.373 e. The smallest absolute Gasteiger partial charge is 0.251 e. The first-order valence-corrected chi connectivity index (χ1v) is 8.68. The van der Waals surface area contributed by atoms with Crippen molar-refractivity contribution in [1.82, 2.24) is 0 Å². The Morgan fingerprint density at radius 3 is 2.83 bits per heavy atom. The van der Waals surface area contributed by atoms with Crippen LogP contribution in [0.1, 0.15) is 44.5 Å². The molecular weight excluding hydrogens is 324 g/mol. The van der Waals surface area contributed by atoms with Gasteiger partial charge in [-0.05, 0) is 37.0 Å². The zero-order valence-electron chi connectivity index (χ0n) is 13.7. The molecule has 2 amide bonds. The van der Waals surface area contributed by atoms with E-state index in [0.717, 1.165) is 22.4 Å². The quantitative estimate of drug-likeness (QED) is 0.894. The Bertz CT molecular complexity index is 798. The molecule has 1 aromatic heterocycles. The molecule has 0 saturated carbocycles. The minimum Gasteiger partial charge on any atom is -0.373 e. The van der Waals surface area contributed by atoms with Crippen molar-refractivity contribution in [1.29, 1.82) is 0 Å². The van der Waals surface area contributed by atoms with Crippen LogP contribution in [0.5, 0.6) is 0 Å². The van der Waals surface area contributed by atoms with Gasteiger partial charge in [0.05, 0.1) is 24.7 Å².